The molecule has 1 atom stereocenters. The molecule has 1 aliphatic heterocycles. The fourth-order valence-electron chi connectivity index (χ4n) is 4.82. The number of hydrogen-bond donors (Lipinski definition) is 3. The van der Waals surface area contributed by atoms with E-state index in [4.69, 9.17) is 19.8 Å². The van der Waals surface area contributed by atoms with Gasteiger partial charge in [-0.15, -0.1) is 0 Å². The number of aromatic nitrogens is 1. The van der Waals surface area contributed by atoms with Crippen LogP contribution in [-0.2, 0) is 16.1 Å². The molecule has 198 valence electrons. The zero-order chi connectivity index (χ0) is 26.9. The third kappa shape index (κ3) is 7.07. The summed E-state index contributed by atoms with van der Waals surface area (Å²) in [7, 11) is 0. The number of carboxylic acid groups (broad SMARTS) is 2. The van der Waals surface area contributed by atoms with Gasteiger partial charge in [-0.2, -0.15) is 0 Å². The van der Waals surface area contributed by atoms with E-state index in [1.165, 1.54) is 27.4 Å². The number of aliphatic carboxylic acids is 2. The van der Waals surface area contributed by atoms with Crippen LogP contribution < -0.4 is 0 Å². The quantitative estimate of drug-likeness (QED) is 0.323. The number of piperazine rings is 1. The molecule has 1 aliphatic rings. The first kappa shape index (κ1) is 27.1. The summed E-state index contributed by atoms with van der Waals surface area (Å²) in [6.07, 6.45) is 4.06. The summed E-state index contributed by atoms with van der Waals surface area (Å²) in [6, 6.07) is 27.4. The van der Waals surface area contributed by atoms with E-state index < -0.39 is 18.0 Å². The van der Waals surface area contributed by atoms with Gasteiger partial charge in [0.1, 0.15) is 0 Å². The highest BCUT2D eigenvalue weighted by molar-refractivity contribution is 6.27. The minimum Gasteiger partial charge on any atom is -0.473 e. The molecule has 3 aromatic carbocycles. The summed E-state index contributed by atoms with van der Waals surface area (Å²) in [4.78, 5) is 23.1. The van der Waals surface area contributed by atoms with Crippen molar-refractivity contribution in [3.63, 3.8) is 0 Å². The van der Waals surface area contributed by atoms with E-state index in [0.717, 1.165) is 32.7 Å². The van der Waals surface area contributed by atoms with Crippen molar-refractivity contribution in [2.24, 2.45) is 0 Å². The minimum absolute atomic E-state index is 0.390. The van der Waals surface area contributed by atoms with Crippen LogP contribution in [0.5, 0.6) is 0 Å². The van der Waals surface area contributed by atoms with E-state index in [2.05, 4.69) is 99.3 Å². The summed E-state index contributed by atoms with van der Waals surface area (Å²) in [5, 5.41) is 28.2. The third-order valence-electron chi connectivity index (χ3n) is 6.66. The monoisotopic (exact) mass is 515 g/mol. The van der Waals surface area contributed by atoms with E-state index in [9.17, 15) is 5.11 Å². The van der Waals surface area contributed by atoms with Gasteiger partial charge in [-0.05, 0) is 17.7 Å². The van der Waals surface area contributed by atoms with Crippen LogP contribution in [0.2, 0.25) is 0 Å². The van der Waals surface area contributed by atoms with Crippen LogP contribution in [0.4, 0.5) is 0 Å². The number of nitrogens with zero attached hydrogens (tertiary/aromatic N) is 3. The van der Waals surface area contributed by atoms with E-state index in [-0.39, 0.29) is 0 Å². The molecule has 0 aliphatic carbocycles. The lowest BCUT2D eigenvalue weighted by molar-refractivity contribution is -0.159. The Bertz CT molecular complexity index is 1330. The summed E-state index contributed by atoms with van der Waals surface area (Å²) >= 11 is 0. The number of aliphatic hydroxyl groups is 1. The van der Waals surface area contributed by atoms with Crippen molar-refractivity contribution >= 4 is 39.8 Å². The lowest BCUT2D eigenvalue weighted by Gasteiger charge is -2.35. The number of hydrogen-bond acceptors (Lipinski definition) is 5. The SMILES string of the molecule is O=C(O)C(=O)O.OC(CN1CCN(C/C=C/c2ccccc2)CC1)Cn1c2ccccc2c2ccccc21. The van der Waals surface area contributed by atoms with Crippen molar-refractivity contribution in [1.29, 1.82) is 0 Å². The lowest BCUT2D eigenvalue weighted by Crippen LogP contribution is -2.48. The van der Waals surface area contributed by atoms with Crippen molar-refractivity contribution in [1.82, 2.24) is 14.4 Å². The summed E-state index contributed by atoms with van der Waals surface area (Å²) in [5.41, 5.74) is 3.64. The van der Waals surface area contributed by atoms with Crippen molar-refractivity contribution < 1.29 is 24.9 Å². The Hall–Kier alpha value is -3.98. The van der Waals surface area contributed by atoms with Crippen molar-refractivity contribution in [2.75, 3.05) is 39.3 Å². The van der Waals surface area contributed by atoms with Gasteiger partial charge in [0.2, 0.25) is 0 Å². The number of para-hydroxylation sites is 2. The van der Waals surface area contributed by atoms with E-state index >= 15 is 0 Å². The molecule has 38 heavy (non-hydrogen) atoms. The van der Waals surface area contributed by atoms with Crippen LogP contribution in [0.1, 0.15) is 5.56 Å². The molecule has 1 fully saturated rings. The van der Waals surface area contributed by atoms with Crippen LogP contribution in [0, 0.1) is 0 Å². The van der Waals surface area contributed by atoms with Gasteiger partial charge in [0, 0.05) is 61.1 Å². The normalized spacial score (nSPS) is 15.4. The first-order valence-electron chi connectivity index (χ1n) is 12.7. The number of carboxylic acids is 2. The van der Waals surface area contributed by atoms with Crippen LogP contribution in [0.3, 0.4) is 0 Å². The molecule has 1 aromatic heterocycles. The molecule has 3 N–H and O–H groups in total. The molecule has 0 radical (unpaired) electrons. The molecule has 1 unspecified atom stereocenters. The first-order valence-corrected chi connectivity index (χ1v) is 12.7. The second kappa shape index (κ2) is 13.0. The molecule has 1 saturated heterocycles. The van der Waals surface area contributed by atoms with E-state index in [1.807, 2.05) is 6.07 Å². The Balaban J connectivity index is 0.000000505. The predicted octanol–water partition coefficient (Wildman–Crippen LogP) is 3.64. The average molecular weight is 516 g/mol. The number of rotatable bonds is 7. The summed E-state index contributed by atoms with van der Waals surface area (Å²) < 4.78 is 2.28. The molecule has 0 spiro atoms. The maximum absolute atomic E-state index is 10.9. The van der Waals surface area contributed by atoms with Gasteiger partial charge >= 0.3 is 11.9 Å². The minimum atomic E-state index is -1.82. The molecule has 8 heteroatoms. The zero-order valence-corrected chi connectivity index (χ0v) is 21.2. The Kier molecular flexibility index (Phi) is 9.26. The number of benzene rings is 3. The van der Waals surface area contributed by atoms with Crippen LogP contribution >= 0.6 is 0 Å². The standard InChI is InChI=1S/C28H31N3O.C2H2O4/c32-24(22-31-27-14-6-4-12-25(27)26-13-5-7-15-28(26)31)21-30-19-17-29(18-20-30)16-8-11-23-9-2-1-3-10-23;3-1(4)2(5)6/h1-15,24,32H,16-22H2;(H,3,4)(H,5,6)/b11-8+;. The molecule has 4 aromatic rings. The molecule has 0 saturated carbocycles. The number of β-amino-alcohol motifs (C(OH)–C–C–N with tert-alkyl or cyclic N) is 1. The highest BCUT2D eigenvalue weighted by Gasteiger charge is 2.20. The molecule has 8 nitrogen and oxygen atoms in total. The molecule has 0 bridgehead atoms. The van der Waals surface area contributed by atoms with Gasteiger partial charge in [0.25, 0.3) is 0 Å². The molecule has 2 heterocycles. The van der Waals surface area contributed by atoms with Gasteiger partial charge in [-0.3, -0.25) is 9.80 Å². The Labute approximate surface area is 221 Å². The second-order valence-electron chi connectivity index (χ2n) is 9.32. The maximum Gasteiger partial charge on any atom is 0.414 e. The molecule has 5 rings (SSSR count). The molecular weight excluding hydrogens is 482 g/mol. The second-order valence-corrected chi connectivity index (χ2v) is 9.32. The van der Waals surface area contributed by atoms with Crippen molar-refractivity contribution in [3.8, 4) is 0 Å². The third-order valence-corrected chi connectivity index (χ3v) is 6.66. The Morgan fingerprint density at radius 1 is 0.711 bits per heavy atom. The van der Waals surface area contributed by atoms with E-state index in [0.29, 0.717) is 13.1 Å². The number of carbonyl (C=O) groups is 2. The highest BCUT2D eigenvalue weighted by Crippen LogP contribution is 2.28. The van der Waals surface area contributed by atoms with Gasteiger partial charge in [-0.1, -0.05) is 78.9 Å². The number of fused-ring (bicyclic) bond motifs is 3. The van der Waals surface area contributed by atoms with Gasteiger partial charge in [0.05, 0.1) is 12.6 Å². The molecule has 0 amide bonds. The number of aliphatic hydroxyl groups excluding tert-OH is 1. The Morgan fingerprint density at radius 2 is 1.21 bits per heavy atom. The van der Waals surface area contributed by atoms with Crippen molar-refractivity contribution in [2.45, 2.75) is 12.6 Å². The molecular formula is C30H33N3O5. The summed E-state index contributed by atoms with van der Waals surface area (Å²) in [6.45, 7) is 6.41. The lowest BCUT2D eigenvalue weighted by atomic mass is 10.2. The average Bonchev–Trinajstić information content (AvgIpc) is 3.24. The van der Waals surface area contributed by atoms with Crippen molar-refractivity contribution in [3.05, 3.63) is 90.5 Å². The highest BCUT2D eigenvalue weighted by atomic mass is 16.4. The van der Waals surface area contributed by atoms with Gasteiger partial charge < -0.3 is 19.9 Å². The van der Waals surface area contributed by atoms with Gasteiger partial charge in [-0.25, -0.2) is 9.59 Å². The zero-order valence-electron chi connectivity index (χ0n) is 21.2. The topological polar surface area (TPSA) is 106 Å². The van der Waals surface area contributed by atoms with Crippen LogP contribution in [0.25, 0.3) is 27.9 Å². The van der Waals surface area contributed by atoms with E-state index in [1.54, 1.807) is 0 Å². The smallest absolute Gasteiger partial charge is 0.414 e. The van der Waals surface area contributed by atoms with Crippen LogP contribution in [0.15, 0.2) is 84.9 Å². The van der Waals surface area contributed by atoms with Gasteiger partial charge in [0.15, 0.2) is 0 Å². The maximum atomic E-state index is 10.9. The fourth-order valence-corrected chi connectivity index (χ4v) is 4.82. The van der Waals surface area contributed by atoms with Crippen LogP contribution in [-0.4, -0.2) is 87.0 Å². The fraction of sp³-hybridized carbons (Fsp3) is 0.267. The Morgan fingerprint density at radius 3 is 1.76 bits per heavy atom. The first-order chi connectivity index (χ1) is 18.4. The predicted molar refractivity (Wildman–Crippen MR) is 149 cm³/mol. The summed E-state index contributed by atoms with van der Waals surface area (Å²) in [5.74, 6) is -3.65. The largest absolute Gasteiger partial charge is 0.473 e.